The highest BCUT2D eigenvalue weighted by Gasteiger charge is 2.28. The molecule has 8 nitrogen and oxygen atoms in total. The number of aryl methyl sites for hydroxylation is 1. The van der Waals surface area contributed by atoms with Gasteiger partial charge in [0.05, 0.1) is 11.4 Å². The molecule has 2 amide bonds. The molecule has 4 N–H and O–H groups in total. The molecule has 1 atom stereocenters. The number of carbonyl (C=O) groups is 2. The molecule has 0 aromatic carbocycles. The van der Waals surface area contributed by atoms with Crippen molar-refractivity contribution in [3.63, 3.8) is 0 Å². The molecule has 0 aliphatic heterocycles. The van der Waals surface area contributed by atoms with Gasteiger partial charge in [0, 0.05) is 17.8 Å². The summed E-state index contributed by atoms with van der Waals surface area (Å²) < 4.78 is 0. The summed E-state index contributed by atoms with van der Waals surface area (Å²) in [5.74, 6) is -0.938. The van der Waals surface area contributed by atoms with Gasteiger partial charge in [-0.1, -0.05) is 13.8 Å². The first-order chi connectivity index (χ1) is 11.5. The van der Waals surface area contributed by atoms with Crippen LogP contribution in [0.25, 0.3) is 0 Å². The lowest BCUT2D eigenvalue weighted by atomic mass is 9.86. The van der Waals surface area contributed by atoms with E-state index in [2.05, 4.69) is 25.5 Å². The number of nitrogens with one attached hydrogen (secondary N) is 2. The summed E-state index contributed by atoms with van der Waals surface area (Å²) in [6, 6.07) is 0. The molecule has 2 aromatic rings. The molecular weight excluding hydrogens is 308 g/mol. The number of amides is 2. The van der Waals surface area contributed by atoms with Crippen LogP contribution in [0, 0.1) is 5.92 Å². The number of primary amides is 1. The van der Waals surface area contributed by atoms with Crippen molar-refractivity contribution < 1.29 is 9.59 Å². The highest BCUT2D eigenvalue weighted by Crippen LogP contribution is 2.28. The van der Waals surface area contributed by atoms with Crippen LogP contribution in [0.3, 0.4) is 0 Å². The molecule has 0 radical (unpaired) electrons. The lowest BCUT2D eigenvalue weighted by Gasteiger charge is -2.23. The Bertz CT molecular complexity index is 783. The van der Waals surface area contributed by atoms with E-state index in [1.165, 1.54) is 6.33 Å². The third-order valence-electron chi connectivity index (χ3n) is 4.30. The average molecular weight is 328 g/mol. The van der Waals surface area contributed by atoms with Gasteiger partial charge in [0.2, 0.25) is 5.91 Å². The average Bonchev–Trinajstić information content (AvgIpc) is 2.98. The molecule has 1 aliphatic carbocycles. The molecule has 0 fully saturated rings. The quantitative estimate of drug-likeness (QED) is 0.776. The lowest BCUT2D eigenvalue weighted by molar-refractivity contribution is -0.120. The Kier molecular flexibility index (Phi) is 4.28. The number of carbonyl (C=O) groups excluding carboxylic acids is 2. The van der Waals surface area contributed by atoms with Crippen molar-refractivity contribution in [3.05, 3.63) is 35.2 Å². The predicted molar refractivity (Wildman–Crippen MR) is 87.4 cm³/mol. The Morgan fingerprint density at radius 1 is 1.42 bits per heavy atom. The highest BCUT2D eigenvalue weighted by atomic mass is 16.2. The fourth-order valence-electron chi connectivity index (χ4n) is 2.98. The lowest BCUT2D eigenvalue weighted by Crippen LogP contribution is -2.29. The summed E-state index contributed by atoms with van der Waals surface area (Å²) in [5.41, 5.74) is 8.49. The molecule has 0 saturated carbocycles. The van der Waals surface area contributed by atoms with E-state index in [0.717, 1.165) is 17.7 Å². The van der Waals surface area contributed by atoms with Gasteiger partial charge in [-0.15, -0.1) is 0 Å². The van der Waals surface area contributed by atoms with Crippen LogP contribution in [0.1, 0.15) is 53.6 Å². The van der Waals surface area contributed by atoms with Gasteiger partial charge < -0.3 is 11.1 Å². The van der Waals surface area contributed by atoms with Crippen LogP contribution in [0.2, 0.25) is 0 Å². The van der Waals surface area contributed by atoms with Gasteiger partial charge in [0.1, 0.15) is 6.33 Å². The predicted octanol–water partition coefficient (Wildman–Crippen LogP) is 1.17. The standard InChI is InChI=1S/C16H20N6O2/c1-8(2)12-13(14(15(17)23)22-21-12)20-16(24)9-3-4-11-10(5-9)6-18-7-19-11/h6-9H,3-5H2,1-2H3,(H2,17,23)(H,20,24)(H,21,22). The SMILES string of the molecule is CC(C)c1[nH]nc(C(N)=O)c1NC(=O)C1CCc2ncncc2C1. The van der Waals surface area contributed by atoms with Crippen LogP contribution in [0.4, 0.5) is 5.69 Å². The first-order valence-electron chi connectivity index (χ1n) is 7.94. The Balaban J connectivity index is 1.81. The van der Waals surface area contributed by atoms with Crippen LogP contribution in [-0.4, -0.2) is 32.0 Å². The molecule has 0 saturated heterocycles. The third kappa shape index (κ3) is 2.99. The molecule has 8 heteroatoms. The van der Waals surface area contributed by atoms with E-state index in [1.807, 2.05) is 13.8 Å². The minimum absolute atomic E-state index is 0.0617. The number of nitrogens with zero attached hydrogens (tertiary/aromatic N) is 3. The van der Waals surface area contributed by atoms with E-state index in [0.29, 0.717) is 24.2 Å². The third-order valence-corrected chi connectivity index (χ3v) is 4.30. The zero-order valence-electron chi connectivity index (χ0n) is 13.7. The van der Waals surface area contributed by atoms with Crippen LogP contribution < -0.4 is 11.1 Å². The minimum atomic E-state index is -0.671. The number of fused-ring (bicyclic) bond motifs is 1. The summed E-state index contributed by atoms with van der Waals surface area (Å²) >= 11 is 0. The number of nitrogens with two attached hydrogens (primary N) is 1. The second-order valence-electron chi connectivity index (χ2n) is 6.30. The van der Waals surface area contributed by atoms with Crippen molar-refractivity contribution >= 4 is 17.5 Å². The van der Waals surface area contributed by atoms with Crippen molar-refractivity contribution in [1.29, 1.82) is 0 Å². The van der Waals surface area contributed by atoms with E-state index in [9.17, 15) is 9.59 Å². The number of anilines is 1. The van der Waals surface area contributed by atoms with Crippen LogP contribution >= 0.6 is 0 Å². The number of rotatable bonds is 4. The molecular formula is C16H20N6O2. The number of aromatic amines is 1. The van der Waals surface area contributed by atoms with Crippen molar-refractivity contribution in [3.8, 4) is 0 Å². The second kappa shape index (κ2) is 6.38. The van der Waals surface area contributed by atoms with E-state index >= 15 is 0 Å². The summed E-state index contributed by atoms with van der Waals surface area (Å²) in [5, 5.41) is 9.58. The van der Waals surface area contributed by atoms with Crippen molar-refractivity contribution in [2.75, 3.05) is 5.32 Å². The fourth-order valence-corrected chi connectivity index (χ4v) is 2.98. The summed E-state index contributed by atoms with van der Waals surface area (Å²) in [4.78, 5) is 32.5. The fraction of sp³-hybridized carbons (Fsp3) is 0.438. The van der Waals surface area contributed by atoms with E-state index in [4.69, 9.17) is 5.73 Å². The Morgan fingerprint density at radius 3 is 2.92 bits per heavy atom. The Hall–Kier alpha value is -2.77. The van der Waals surface area contributed by atoms with Gasteiger partial charge in [-0.2, -0.15) is 5.10 Å². The van der Waals surface area contributed by atoms with Crippen molar-refractivity contribution in [1.82, 2.24) is 20.2 Å². The Labute approximate surface area is 139 Å². The summed E-state index contributed by atoms with van der Waals surface area (Å²) in [7, 11) is 0. The number of aromatic nitrogens is 4. The zero-order chi connectivity index (χ0) is 17.3. The number of hydrogen-bond acceptors (Lipinski definition) is 5. The van der Waals surface area contributed by atoms with Crippen LogP contribution in [0.15, 0.2) is 12.5 Å². The van der Waals surface area contributed by atoms with E-state index in [1.54, 1.807) is 6.20 Å². The number of H-pyrrole nitrogens is 1. The maximum Gasteiger partial charge on any atom is 0.271 e. The maximum absolute atomic E-state index is 12.7. The molecule has 2 aromatic heterocycles. The molecule has 3 rings (SSSR count). The molecule has 126 valence electrons. The molecule has 1 unspecified atom stereocenters. The van der Waals surface area contributed by atoms with Gasteiger partial charge >= 0.3 is 0 Å². The van der Waals surface area contributed by atoms with Crippen molar-refractivity contribution in [2.45, 2.75) is 39.0 Å². The van der Waals surface area contributed by atoms with Gasteiger partial charge in [-0.3, -0.25) is 14.7 Å². The summed E-state index contributed by atoms with van der Waals surface area (Å²) in [6.45, 7) is 3.89. The largest absolute Gasteiger partial charge is 0.364 e. The number of hydrogen-bond donors (Lipinski definition) is 3. The molecule has 0 spiro atoms. The zero-order valence-corrected chi connectivity index (χ0v) is 13.7. The maximum atomic E-state index is 12.7. The van der Waals surface area contributed by atoms with Crippen molar-refractivity contribution in [2.24, 2.45) is 11.7 Å². The van der Waals surface area contributed by atoms with Gasteiger partial charge in [0.25, 0.3) is 5.91 Å². The van der Waals surface area contributed by atoms with E-state index < -0.39 is 5.91 Å². The molecule has 24 heavy (non-hydrogen) atoms. The summed E-state index contributed by atoms with van der Waals surface area (Å²) in [6.07, 6.45) is 5.31. The highest BCUT2D eigenvalue weighted by molar-refractivity contribution is 6.03. The normalized spacial score (nSPS) is 16.7. The van der Waals surface area contributed by atoms with Crippen LogP contribution in [0.5, 0.6) is 0 Å². The van der Waals surface area contributed by atoms with Gasteiger partial charge in [0.15, 0.2) is 5.69 Å². The monoisotopic (exact) mass is 328 g/mol. The molecule has 2 heterocycles. The first kappa shape index (κ1) is 16.1. The molecule has 1 aliphatic rings. The van der Waals surface area contributed by atoms with Crippen LogP contribution in [-0.2, 0) is 17.6 Å². The van der Waals surface area contributed by atoms with E-state index in [-0.39, 0.29) is 23.4 Å². The topological polar surface area (TPSA) is 127 Å². The molecule has 0 bridgehead atoms. The first-order valence-corrected chi connectivity index (χ1v) is 7.94. The van der Waals surface area contributed by atoms with Gasteiger partial charge in [-0.05, 0) is 30.7 Å². The van der Waals surface area contributed by atoms with Gasteiger partial charge in [-0.25, -0.2) is 9.97 Å². The smallest absolute Gasteiger partial charge is 0.271 e. The second-order valence-corrected chi connectivity index (χ2v) is 6.30. The Morgan fingerprint density at radius 2 is 2.21 bits per heavy atom. The minimum Gasteiger partial charge on any atom is -0.364 e.